The number of hydrogen-bond acceptors (Lipinski definition) is 7. The van der Waals surface area contributed by atoms with Gasteiger partial charge in [-0.3, -0.25) is 4.79 Å². The Morgan fingerprint density at radius 3 is 2.19 bits per heavy atom. The van der Waals surface area contributed by atoms with Crippen LogP contribution in [0.1, 0.15) is 35.5 Å². The summed E-state index contributed by atoms with van der Waals surface area (Å²) in [6.45, 7) is 2.23. The van der Waals surface area contributed by atoms with Crippen molar-refractivity contribution in [1.29, 1.82) is 0 Å². The molecule has 1 heterocycles. The van der Waals surface area contributed by atoms with Crippen LogP contribution in [0.2, 0.25) is 0 Å². The van der Waals surface area contributed by atoms with Crippen LogP contribution in [-0.2, 0) is 12.0 Å². The van der Waals surface area contributed by atoms with E-state index in [9.17, 15) is 36.2 Å². The number of hydrogen-bond donors (Lipinski definition) is 4. The first-order valence-electron chi connectivity index (χ1n) is 13.0. The summed E-state index contributed by atoms with van der Waals surface area (Å²) in [7, 11) is 2.77. The molecule has 43 heavy (non-hydrogen) atoms. The third kappa shape index (κ3) is 10.1. The first-order valence-corrected chi connectivity index (χ1v) is 13.0. The summed E-state index contributed by atoms with van der Waals surface area (Å²) in [5.74, 6) is -1.43. The van der Waals surface area contributed by atoms with Crippen molar-refractivity contribution in [3.05, 3.63) is 77.2 Å². The fraction of sp³-hybridized carbons (Fsp3) is 0.379. The highest BCUT2D eigenvalue weighted by atomic mass is 19.4. The van der Waals surface area contributed by atoms with E-state index in [4.69, 9.17) is 14.6 Å². The molecule has 5 N–H and O–H groups in total. The van der Waals surface area contributed by atoms with Crippen LogP contribution >= 0.6 is 0 Å². The number of pyridine rings is 1. The van der Waals surface area contributed by atoms with E-state index in [1.54, 1.807) is 0 Å². The minimum Gasteiger partial charge on any atom is -0.493 e. The maximum atomic E-state index is 14.2. The van der Waals surface area contributed by atoms with Gasteiger partial charge in [-0.2, -0.15) is 13.2 Å². The van der Waals surface area contributed by atoms with E-state index in [1.165, 1.54) is 44.5 Å². The Bertz CT molecular complexity index is 1290. The number of benzene rings is 2. The molecule has 0 aliphatic carbocycles. The largest absolute Gasteiger partial charge is 0.493 e. The fourth-order valence-electron chi connectivity index (χ4n) is 3.59. The predicted molar refractivity (Wildman–Crippen MR) is 149 cm³/mol. The number of rotatable bonds is 11. The number of nitrogens with one attached hydrogen (secondary N) is 1. The van der Waals surface area contributed by atoms with Crippen LogP contribution < -0.4 is 20.5 Å². The third-order valence-electron chi connectivity index (χ3n) is 5.59. The summed E-state index contributed by atoms with van der Waals surface area (Å²) in [5.41, 5.74) is -0.786. The number of ether oxygens (including phenoxy) is 2. The van der Waals surface area contributed by atoms with Crippen LogP contribution in [-0.4, -0.2) is 67.6 Å². The van der Waals surface area contributed by atoms with Crippen molar-refractivity contribution < 1.29 is 50.8 Å². The molecule has 0 radical (unpaired) electrons. The molecule has 1 atom stereocenters. The molecule has 8 nitrogen and oxygen atoms in total. The van der Waals surface area contributed by atoms with Crippen LogP contribution in [0.25, 0.3) is 11.3 Å². The van der Waals surface area contributed by atoms with Crippen LogP contribution in [0.3, 0.4) is 0 Å². The van der Waals surface area contributed by atoms with Crippen molar-refractivity contribution in [2.24, 2.45) is 5.73 Å². The lowest BCUT2D eigenvalue weighted by Crippen LogP contribution is -2.51. The molecule has 14 heteroatoms. The number of alkyl halides is 5. The van der Waals surface area contributed by atoms with Gasteiger partial charge < -0.3 is 30.7 Å². The number of methoxy groups -OCH3 is 1. The fourth-order valence-corrected chi connectivity index (χ4v) is 3.59. The number of aliphatic hydroxyl groups excluding tert-OH is 1. The minimum atomic E-state index is -5.39. The molecule has 0 aliphatic heterocycles. The topological polar surface area (TPSA) is 127 Å². The first kappa shape index (κ1) is 37.1. The van der Waals surface area contributed by atoms with Crippen molar-refractivity contribution in [3.8, 4) is 22.8 Å². The van der Waals surface area contributed by atoms with Gasteiger partial charge in [-0.25, -0.2) is 18.2 Å². The van der Waals surface area contributed by atoms with Gasteiger partial charge in [0.15, 0.2) is 11.5 Å². The Morgan fingerprint density at radius 1 is 1.02 bits per heavy atom. The van der Waals surface area contributed by atoms with E-state index in [0.717, 1.165) is 18.2 Å². The van der Waals surface area contributed by atoms with Crippen LogP contribution in [0.5, 0.6) is 11.5 Å². The monoisotopic (exact) mass is 619 g/mol. The normalized spacial score (nSPS) is 12.2. The van der Waals surface area contributed by atoms with Crippen molar-refractivity contribution >= 4 is 5.91 Å². The molecule has 3 rings (SSSR count). The Labute approximate surface area is 245 Å². The van der Waals surface area contributed by atoms with E-state index < -0.39 is 48.6 Å². The molecule has 0 spiro atoms. The van der Waals surface area contributed by atoms with Crippen molar-refractivity contribution in [2.75, 3.05) is 33.9 Å². The second kappa shape index (κ2) is 17.3. The van der Waals surface area contributed by atoms with Crippen molar-refractivity contribution in [3.63, 3.8) is 0 Å². The predicted octanol–water partition coefficient (Wildman–Crippen LogP) is 4.86. The van der Waals surface area contributed by atoms with E-state index in [-0.39, 0.29) is 47.1 Å². The molecule has 1 amide bonds. The number of nitrogens with zero attached hydrogens (tertiary/aromatic N) is 1. The van der Waals surface area contributed by atoms with Crippen LogP contribution in [0.4, 0.5) is 26.3 Å². The SMILES string of the molecule is CC.CN.COc1cc(C(=O)NCC(O)(c2cc(CC(F)F)cc(-c3ccc(F)cc3)n2)C(F)(F)F)ccc1OCCO. The van der Waals surface area contributed by atoms with Crippen molar-refractivity contribution in [1.82, 2.24) is 10.3 Å². The summed E-state index contributed by atoms with van der Waals surface area (Å²) in [6.07, 6.45) is -9.25. The number of halogens is 6. The Kier molecular flexibility index (Phi) is 14.9. The number of carbonyl (C=O) groups excluding carboxylic acids is 1. The van der Waals surface area contributed by atoms with E-state index in [2.05, 4.69) is 10.7 Å². The maximum absolute atomic E-state index is 14.2. The molecule has 1 unspecified atom stereocenters. The number of nitrogens with two attached hydrogens (primary N) is 1. The first-order chi connectivity index (χ1) is 20.4. The summed E-state index contributed by atoms with van der Waals surface area (Å²) >= 11 is 0. The smallest absolute Gasteiger partial charge is 0.424 e. The summed E-state index contributed by atoms with van der Waals surface area (Å²) in [4.78, 5) is 16.5. The highest BCUT2D eigenvalue weighted by Crippen LogP contribution is 2.39. The molecule has 3 aromatic rings. The van der Waals surface area contributed by atoms with Gasteiger partial charge in [0.2, 0.25) is 12.0 Å². The standard InChI is InChI=1S/C26H24F6N2O5.C2H6.CH5N/c1-38-21-13-17(4-7-20(21)39-9-8-35)24(36)33-14-25(37,26(30,31)32)22-11-15(12-23(28)29)10-19(34-22)16-2-5-18(27)6-3-16;2*1-2/h2-7,10-11,13,23,35,37H,8-9,12,14H2,1H3,(H,33,36);1-2H3;2H2,1H3. The molecule has 0 bridgehead atoms. The summed E-state index contributed by atoms with van der Waals surface area (Å²) < 4.78 is 92.6. The Balaban J connectivity index is 0.00000221. The molecule has 0 aliphatic rings. The lowest BCUT2D eigenvalue weighted by atomic mass is 9.94. The van der Waals surface area contributed by atoms with Crippen molar-refractivity contribution in [2.45, 2.75) is 38.5 Å². The second-order valence-electron chi connectivity index (χ2n) is 8.33. The molecule has 238 valence electrons. The van der Waals surface area contributed by atoms with Gasteiger partial charge in [0.05, 0.1) is 31.6 Å². The Morgan fingerprint density at radius 2 is 1.65 bits per heavy atom. The highest BCUT2D eigenvalue weighted by Gasteiger charge is 2.56. The van der Waals surface area contributed by atoms with Gasteiger partial charge in [0.25, 0.3) is 5.91 Å². The van der Waals surface area contributed by atoms with Crippen LogP contribution in [0.15, 0.2) is 54.6 Å². The second-order valence-corrected chi connectivity index (χ2v) is 8.33. The average Bonchev–Trinajstić information content (AvgIpc) is 2.99. The molecule has 0 fully saturated rings. The van der Waals surface area contributed by atoms with Crippen LogP contribution in [0, 0.1) is 5.82 Å². The summed E-state index contributed by atoms with van der Waals surface area (Å²) in [6, 6.07) is 9.95. The quantitative estimate of drug-likeness (QED) is 0.226. The average molecular weight is 620 g/mol. The lowest BCUT2D eigenvalue weighted by molar-refractivity contribution is -0.265. The molecule has 1 aromatic heterocycles. The van der Waals surface area contributed by atoms with Gasteiger partial charge in [-0.1, -0.05) is 13.8 Å². The van der Waals surface area contributed by atoms with Gasteiger partial charge in [0, 0.05) is 17.5 Å². The summed E-state index contributed by atoms with van der Waals surface area (Å²) in [5, 5.41) is 21.7. The van der Waals surface area contributed by atoms with E-state index in [1.807, 2.05) is 19.2 Å². The van der Waals surface area contributed by atoms with Gasteiger partial charge >= 0.3 is 6.18 Å². The minimum absolute atomic E-state index is 0.0625. The number of aromatic nitrogens is 1. The number of aliphatic hydroxyl groups is 2. The zero-order valence-corrected chi connectivity index (χ0v) is 24.0. The number of amides is 1. The van der Waals surface area contributed by atoms with E-state index >= 15 is 0 Å². The third-order valence-corrected chi connectivity index (χ3v) is 5.59. The highest BCUT2D eigenvalue weighted by molar-refractivity contribution is 5.95. The van der Waals surface area contributed by atoms with E-state index in [0.29, 0.717) is 6.07 Å². The Hall–Kier alpha value is -3.88. The molecular formula is C29H35F6N3O5. The molecule has 0 saturated heterocycles. The van der Waals surface area contributed by atoms with Gasteiger partial charge in [-0.15, -0.1) is 0 Å². The van der Waals surface area contributed by atoms with Gasteiger partial charge in [-0.05, 0) is 67.2 Å². The number of carbonyl (C=O) groups is 1. The molecule has 0 saturated carbocycles. The zero-order chi connectivity index (χ0) is 32.8. The lowest BCUT2D eigenvalue weighted by Gasteiger charge is -2.31. The van der Waals surface area contributed by atoms with Gasteiger partial charge in [0.1, 0.15) is 12.4 Å². The zero-order valence-electron chi connectivity index (χ0n) is 24.0. The maximum Gasteiger partial charge on any atom is 0.424 e. The molecular weight excluding hydrogens is 584 g/mol. The molecule has 2 aromatic carbocycles.